The van der Waals surface area contributed by atoms with Crippen LogP contribution < -0.4 is 5.73 Å². The van der Waals surface area contributed by atoms with Gasteiger partial charge < -0.3 is 15.8 Å². The van der Waals surface area contributed by atoms with Crippen molar-refractivity contribution in [1.82, 2.24) is 4.90 Å². The first-order valence-corrected chi connectivity index (χ1v) is 6.80. The minimum Gasteiger partial charge on any atom is -0.409 e. The molecule has 1 aliphatic heterocycles. The Morgan fingerprint density at radius 1 is 1.65 bits per heavy atom. The Kier molecular flexibility index (Phi) is 4.68. The highest BCUT2D eigenvalue weighted by molar-refractivity contribution is 8.01. The second-order valence-corrected chi connectivity index (χ2v) is 6.40. The number of hydrogen-bond acceptors (Lipinski definition) is 4. The van der Waals surface area contributed by atoms with Crippen LogP contribution in [0.2, 0.25) is 0 Å². The fourth-order valence-corrected chi connectivity index (χ4v) is 3.22. The fourth-order valence-electron chi connectivity index (χ4n) is 1.95. The van der Waals surface area contributed by atoms with Gasteiger partial charge in [0.2, 0.25) is 5.91 Å². The molecule has 0 aromatic heterocycles. The maximum Gasteiger partial charge on any atom is 0.239 e. The van der Waals surface area contributed by atoms with Crippen LogP contribution in [-0.4, -0.2) is 44.9 Å². The molecule has 0 radical (unpaired) electrons. The molecule has 0 bridgehead atoms. The van der Waals surface area contributed by atoms with Crippen LogP contribution in [0.4, 0.5) is 0 Å². The molecule has 1 fully saturated rings. The van der Waals surface area contributed by atoms with Gasteiger partial charge in [0.1, 0.15) is 0 Å². The van der Waals surface area contributed by atoms with E-state index in [-0.39, 0.29) is 29.1 Å². The largest absolute Gasteiger partial charge is 0.409 e. The summed E-state index contributed by atoms with van der Waals surface area (Å²) >= 11 is 1.70. The number of nitrogens with two attached hydrogens (primary N) is 1. The van der Waals surface area contributed by atoms with Gasteiger partial charge in [-0.05, 0) is 39.4 Å². The third-order valence-corrected chi connectivity index (χ3v) is 4.52. The zero-order valence-electron chi connectivity index (χ0n) is 10.6. The van der Waals surface area contributed by atoms with Crippen LogP contribution in [0.3, 0.4) is 0 Å². The number of thioether (sulfide) groups is 1. The minimum atomic E-state index is -0.347. The maximum atomic E-state index is 12.5. The summed E-state index contributed by atoms with van der Waals surface area (Å²) in [5, 5.41) is 11.5. The Hall–Kier alpha value is -0.910. The van der Waals surface area contributed by atoms with Crippen molar-refractivity contribution in [3.63, 3.8) is 0 Å². The van der Waals surface area contributed by atoms with Crippen LogP contribution in [0, 0.1) is 0 Å². The molecular formula is C11H21N3O2S. The Labute approximate surface area is 106 Å². The van der Waals surface area contributed by atoms with Crippen molar-refractivity contribution in [2.24, 2.45) is 10.9 Å². The van der Waals surface area contributed by atoms with E-state index in [1.807, 2.05) is 20.8 Å². The van der Waals surface area contributed by atoms with Crippen molar-refractivity contribution in [1.29, 1.82) is 0 Å². The summed E-state index contributed by atoms with van der Waals surface area (Å²) in [5.74, 6) is 1.18. The molecule has 1 unspecified atom stereocenters. The van der Waals surface area contributed by atoms with E-state index in [1.165, 1.54) is 0 Å². The molecule has 17 heavy (non-hydrogen) atoms. The molecule has 1 saturated heterocycles. The standard InChI is InChI=1S/C11H21N3O2S/c1-8(2)14(7-9(12)13-16)10(15)11(3)5-4-6-17-11/h8,16H,4-7H2,1-3H3,(H2,12,13). The van der Waals surface area contributed by atoms with E-state index in [2.05, 4.69) is 5.16 Å². The van der Waals surface area contributed by atoms with E-state index in [1.54, 1.807) is 16.7 Å². The Morgan fingerprint density at radius 2 is 2.29 bits per heavy atom. The van der Waals surface area contributed by atoms with Gasteiger partial charge in [0.05, 0.1) is 11.3 Å². The first-order valence-electron chi connectivity index (χ1n) is 5.82. The molecule has 3 N–H and O–H groups in total. The maximum absolute atomic E-state index is 12.5. The highest BCUT2D eigenvalue weighted by Crippen LogP contribution is 2.39. The third kappa shape index (κ3) is 3.28. The number of amidine groups is 1. The summed E-state index contributed by atoms with van der Waals surface area (Å²) in [6, 6.07) is 0.0424. The van der Waals surface area contributed by atoms with Crippen molar-refractivity contribution in [3.05, 3.63) is 0 Å². The van der Waals surface area contributed by atoms with Crippen LogP contribution in [0.15, 0.2) is 5.16 Å². The molecule has 0 aromatic carbocycles. The Bertz CT molecular complexity index is 312. The number of hydrogen-bond donors (Lipinski definition) is 2. The zero-order chi connectivity index (χ0) is 13.1. The first kappa shape index (κ1) is 14.2. The van der Waals surface area contributed by atoms with E-state index in [0.29, 0.717) is 0 Å². The molecule has 0 spiro atoms. The topological polar surface area (TPSA) is 78.9 Å². The summed E-state index contributed by atoms with van der Waals surface area (Å²) in [5.41, 5.74) is 5.49. The van der Waals surface area contributed by atoms with E-state index < -0.39 is 0 Å². The lowest BCUT2D eigenvalue weighted by Gasteiger charge is -2.33. The van der Waals surface area contributed by atoms with Crippen LogP contribution in [0.5, 0.6) is 0 Å². The molecule has 0 aromatic rings. The number of carbonyl (C=O) groups excluding carboxylic acids is 1. The smallest absolute Gasteiger partial charge is 0.239 e. The number of rotatable bonds is 4. The molecular weight excluding hydrogens is 238 g/mol. The monoisotopic (exact) mass is 259 g/mol. The zero-order valence-corrected chi connectivity index (χ0v) is 11.5. The van der Waals surface area contributed by atoms with E-state index in [0.717, 1.165) is 18.6 Å². The molecule has 0 aliphatic carbocycles. The predicted molar refractivity (Wildman–Crippen MR) is 70.4 cm³/mol. The van der Waals surface area contributed by atoms with Crippen LogP contribution in [0.25, 0.3) is 0 Å². The number of carbonyl (C=O) groups is 1. The lowest BCUT2D eigenvalue weighted by molar-refractivity contribution is -0.134. The van der Waals surface area contributed by atoms with Crippen molar-refractivity contribution >= 4 is 23.5 Å². The molecule has 1 amide bonds. The van der Waals surface area contributed by atoms with Gasteiger partial charge in [0.15, 0.2) is 5.84 Å². The number of nitrogens with zero attached hydrogens (tertiary/aromatic N) is 2. The van der Waals surface area contributed by atoms with Gasteiger partial charge in [-0.3, -0.25) is 4.79 Å². The molecule has 0 saturated carbocycles. The SMILES string of the molecule is CC(C)N(CC(N)=NO)C(=O)C1(C)CCCS1. The van der Waals surface area contributed by atoms with Gasteiger partial charge in [-0.2, -0.15) is 0 Å². The van der Waals surface area contributed by atoms with Gasteiger partial charge in [0.25, 0.3) is 0 Å². The summed E-state index contributed by atoms with van der Waals surface area (Å²) in [6.45, 7) is 6.04. The third-order valence-electron chi connectivity index (χ3n) is 3.02. The summed E-state index contributed by atoms with van der Waals surface area (Å²) < 4.78 is -0.347. The van der Waals surface area contributed by atoms with Gasteiger partial charge >= 0.3 is 0 Å². The summed E-state index contributed by atoms with van der Waals surface area (Å²) in [6.07, 6.45) is 1.97. The van der Waals surface area contributed by atoms with Crippen LogP contribution in [0.1, 0.15) is 33.6 Å². The lowest BCUT2D eigenvalue weighted by Crippen LogP contribution is -2.50. The van der Waals surface area contributed by atoms with E-state index >= 15 is 0 Å². The highest BCUT2D eigenvalue weighted by atomic mass is 32.2. The number of oxime groups is 1. The summed E-state index contributed by atoms with van der Waals surface area (Å²) in [7, 11) is 0. The molecule has 1 rings (SSSR count). The molecule has 1 heterocycles. The van der Waals surface area contributed by atoms with E-state index in [4.69, 9.17) is 10.9 Å². The lowest BCUT2D eigenvalue weighted by atomic mass is 10.0. The second kappa shape index (κ2) is 5.62. The van der Waals surface area contributed by atoms with Gasteiger partial charge in [-0.1, -0.05) is 5.16 Å². The van der Waals surface area contributed by atoms with Crippen molar-refractivity contribution in [3.8, 4) is 0 Å². The number of amides is 1. The van der Waals surface area contributed by atoms with Gasteiger partial charge in [-0.15, -0.1) is 11.8 Å². The van der Waals surface area contributed by atoms with Crippen LogP contribution >= 0.6 is 11.8 Å². The average molecular weight is 259 g/mol. The van der Waals surface area contributed by atoms with E-state index in [9.17, 15) is 4.79 Å². The Morgan fingerprint density at radius 3 is 2.71 bits per heavy atom. The van der Waals surface area contributed by atoms with Crippen LogP contribution in [-0.2, 0) is 4.79 Å². The van der Waals surface area contributed by atoms with Gasteiger partial charge in [-0.25, -0.2) is 0 Å². The van der Waals surface area contributed by atoms with Gasteiger partial charge in [0, 0.05) is 6.04 Å². The van der Waals surface area contributed by atoms with Crippen molar-refractivity contribution in [2.75, 3.05) is 12.3 Å². The second-order valence-electron chi connectivity index (χ2n) is 4.80. The molecule has 98 valence electrons. The molecule has 1 atom stereocenters. The normalized spacial score (nSPS) is 25.3. The molecule has 1 aliphatic rings. The highest BCUT2D eigenvalue weighted by Gasteiger charge is 2.40. The average Bonchev–Trinajstić information content (AvgIpc) is 2.72. The molecule has 6 heteroatoms. The van der Waals surface area contributed by atoms with Crippen molar-refractivity contribution < 1.29 is 10.0 Å². The quantitative estimate of drug-likeness (QED) is 0.345. The minimum absolute atomic E-state index is 0.0424. The fraction of sp³-hybridized carbons (Fsp3) is 0.818. The first-order chi connectivity index (χ1) is 7.90. The summed E-state index contributed by atoms with van der Waals surface area (Å²) in [4.78, 5) is 14.1. The molecule has 5 nitrogen and oxygen atoms in total. The Balaban J connectivity index is 2.80. The van der Waals surface area contributed by atoms with Crippen molar-refractivity contribution in [2.45, 2.75) is 44.4 Å². The predicted octanol–water partition coefficient (Wildman–Crippen LogP) is 1.26.